The van der Waals surface area contributed by atoms with E-state index in [9.17, 15) is 0 Å². The fourth-order valence-electron chi connectivity index (χ4n) is 2.40. The number of rotatable bonds is 3. The third-order valence-corrected chi connectivity index (χ3v) is 3.67. The maximum Gasteiger partial charge on any atom is 0.0300 e. The molecule has 17 heavy (non-hydrogen) atoms. The van der Waals surface area contributed by atoms with Gasteiger partial charge in [0, 0.05) is 25.0 Å². The maximum atomic E-state index is 4.13. The largest absolute Gasteiger partial charge is 0.310 e. The zero-order valence-electron chi connectivity index (χ0n) is 10.9. The van der Waals surface area contributed by atoms with Crippen LogP contribution in [0.1, 0.15) is 30.4 Å². The molecule has 1 saturated heterocycles. The maximum absolute atomic E-state index is 4.13. The number of hydrogen-bond donors (Lipinski definition) is 1. The number of nitrogens with one attached hydrogen (secondary N) is 1. The molecule has 2 heterocycles. The van der Waals surface area contributed by atoms with Crippen LogP contribution in [-0.4, -0.2) is 36.1 Å². The first-order valence-corrected chi connectivity index (χ1v) is 6.57. The van der Waals surface area contributed by atoms with Crippen LogP contribution in [0.3, 0.4) is 0 Å². The van der Waals surface area contributed by atoms with Crippen molar-refractivity contribution in [1.29, 1.82) is 0 Å². The second kappa shape index (κ2) is 6.12. The molecule has 0 spiro atoms. The summed E-state index contributed by atoms with van der Waals surface area (Å²) in [7, 11) is 2.22. The number of aromatic nitrogens is 1. The summed E-state index contributed by atoms with van der Waals surface area (Å²) >= 11 is 0. The average molecular weight is 233 g/mol. The Kier molecular flexibility index (Phi) is 4.51. The van der Waals surface area contributed by atoms with Gasteiger partial charge in [-0.15, -0.1) is 0 Å². The normalized spacial score (nSPS) is 22.4. The molecular weight excluding hydrogens is 210 g/mol. The van der Waals surface area contributed by atoms with Crippen molar-refractivity contribution in [3.05, 3.63) is 29.6 Å². The number of nitrogens with zero attached hydrogens (tertiary/aromatic N) is 2. The zero-order valence-corrected chi connectivity index (χ0v) is 10.9. The fourth-order valence-corrected chi connectivity index (χ4v) is 2.40. The van der Waals surface area contributed by atoms with Gasteiger partial charge in [-0.05, 0) is 63.5 Å². The Bertz CT molecular complexity index is 351. The van der Waals surface area contributed by atoms with E-state index < -0.39 is 0 Å². The molecule has 1 unspecified atom stereocenters. The van der Waals surface area contributed by atoms with Gasteiger partial charge in [0.05, 0.1) is 0 Å². The van der Waals surface area contributed by atoms with E-state index in [4.69, 9.17) is 0 Å². The van der Waals surface area contributed by atoms with Gasteiger partial charge in [-0.25, -0.2) is 0 Å². The zero-order chi connectivity index (χ0) is 12.1. The Hall–Kier alpha value is -0.930. The van der Waals surface area contributed by atoms with Gasteiger partial charge < -0.3 is 10.2 Å². The number of likely N-dealkylation sites (tertiary alicyclic amines) is 1. The molecule has 0 aromatic carbocycles. The molecule has 2 rings (SSSR count). The van der Waals surface area contributed by atoms with Crippen molar-refractivity contribution in [1.82, 2.24) is 15.2 Å². The summed E-state index contributed by atoms with van der Waals surface area (Å²) in [4.78, 5) is 6.56. The topological polar surface area (TPSA) is 28.2 Å². The van der Waals surface area contributed by atoms with Crippen molar-refractivity contribution in [2.45, 2.75) is 38.8 Å². The molecule has 1 aromatic heterocycles. The molecular formula is C14H23N3. The van der Waals surface area contributed by atoms with Gasteiger partial charge in [0.1, 0.15) is 0 Å². The summed E-state index contributed by atoms with van der Waals surface area (Å²) in [5, 5.41) is 3.68. The first-order chi connectivity index (χ1) is 8.25. The predicted molar refractivity (Wildman–Crippen MR) is 70.9 cm³/mol. The highest BCUT2D eigenvalue weighted by Crippen LogP contribution is 2.11. The van der Waals surface area contributed by atoms with Gasteiger partial charge in [-0.1, -0.05) is 0 Å². The first-order valence-electron chi connectivity index (χ1n) is 6.57. The van der Waals surface area contributed by atoms with Gasteiger partial charge >= 0.3 is 0 Å². The molecule has 3 nitrogen and oxygen atoms in total. The summed E-state index contributed by atoms with van der Waals surface area (Å²) in [6, 6.07) is 2.79. The number of pyridine rings is 1. The van der Waals surface area contributed by atoms with E-state index in [-0.39, 0.29) is 0 Å². The van der Waals surface area contributed by atoms with Crippen molar-refractivity contribution in [2.24, 2.45) is 0 Å². The highest BCUT2D eigenvalue weighted by atomic mass is 15.1. The molecule has 1 N–H and O–H groups in total. The van der Waals surface area contributed by atoms with Gasteiger partial charge in [-0.2, -0.15) is 0 Å². The Labute approximate surface area is 104 Å². The lowest BCUT2D eigenvalue weighted by Gasteiger charge is -2.17. The van der Waals surface area contributed by atoms with Gasteiger partial charge in [0.25, 0.3) is 0 Å². The van der Waals surface area contributed by atoms with E-state index in [2.05, 4.69) is 35.2 Å². The van der Waals surface area contributed by atoms with E-state index in [1.165, 1.54) is 43.5 Å². The standard InChI is InChI=1S/C14H23N3/c1-12-10-15-7-5-13(12)11-16-14-4-3-8-17(2)9-6-14/h5,7,10,14,16H,3-4,6,8-9,11H2,1-2H3. The molecule has 1 fully saturated rings. The summed E-state index contributed by atoms with van der Waals surface area (Å²) in [6.07, 6.45) is 7.70. The summed E-state index contributed by atoms with van der Waals surface area (Å²) < 4.78 is 0. The predicted octanol–water partition coefficient (Wildman–Crippen LogP) is 1.96. The lowest BCUT2D eigenvalue weighted by Crippen LogP contribution is -2.30. The molecule has 0 aliphatic carbocycles. The fraction of sp³-hybridized carbons (Fsp3) is 0.643. The lowest BCUT2D eigenvalue weighted by atomic mass is 10.1. The molecule has 0 bridgehead atoms. The van der Waals surface area contributed by atoms with Crippen LogP contribution in [0.15, 0.2) is 18.5 Å². The molecule has 0 radical (unpaired) electrons. The van der Waals surface area contributed by atoms with Crippen LogP contribution in [0.25, 0.3) is 0 Å². The molecule has 1 atom stereocenters. The lowest BCUT2D eigenvalue weighted by molar-refractivity contribution is 0.343. The minimum atomic E-state index is 0.674. The molecule has 94 valence electrons. The Balaban J connectivity index is 1.83. The highest BCUT2D eigenvalue weighted by molar-refractivity contribution is 5.21. The second-order valence-corrected chi connectivity index (χ2v) is 5.11. The van der Waals surface area contributed by atoms with E-state index in [1.807, 2.05) is 12.4 Å². The van der Waals surface area contributed by atoms with E-state index >= 15 is 0 Å². The average Bonchev–Trinajstić information content (AvgIpc) is 2.53. The highest BCUT2D eigenvalue weighted by Gasteiger charge is 2.14. The van der Waals surface area contributed by atoms with Crippen molar-refractivity contribution in [3.8, 4) is 0 Å². The van der Waals surface area contributed by atoms with Crippen LogP contribution < -0.4 is 5.32 Å². The SMILES string of the molecule is Cc1cnccc1CNC1CCCN(C)CC1. The van der Waals surface area contributed by atoms with E-state index in [0.717, 1.165) is 6.54 Å². The van der Waals surface area contributed by atoms with Crippen LogP contribution in [0.4, 0.5) is 0 Å². The van der Waals surface area contributed by atoms with Crippen LogP contribution >= 0.6 is 0 Å². The first kappa shape index (κ1) is 12.5. The molecule has 1 aliphatic heterocycles. The minimum absolute atomic E-state index is 0.674. The molecule has 1 aliphatic rings. The number of aryl methyl sites for hydroxylation is 1. The minimum Gasteiger partial charge on any atom is -0.310 e. The third kappa shape index (κ3) is 3.79. The quantitative estimate of drug-likeness (QED) is 0.865. The van der Waals surface area contributed by atoms with Crippen LogP contribution in [-0.2, 0) is 6.54 Å². The van der Waals surface area contributed by atoms with Gasteiger partial charge in [0.15, 0.2) is 0 Å². The van der Waals surface area contributed by atoms with Crippen molar-refractivity contribution < 1.29 is 0 Å². The van der Waals surface area contributed by atoms with Crippen molar-refractivity contribution >= 4 is 0 Å². The van der Waals surface area contributed by atoms with Crippen LogP contribution in [0, 0.1) is 6.92 Å². The van der Waals surface area contributed by atoms with Gasteiger partial charge in [0.2, 0.25) is 0 Å². The Morgan fingerprint density at radius 2 is 2.29 bits per heavy atom. The molecule has 0 saturated carbocycles. The van der Waals surface area contributed by atoms with E-state index in [0.29, 0.717) is 6.04 Å². The number of hydrogen-bond acceptors (Lipinski definition) is 3. The molecule has 3 heteroatoms. The summed E-state index contributed by atoms with van der Waals surface area (Å²) in [5.74, 6) is 0. The van der Waals surface area contributed by atoms with E-state index in [1.54, 1.807) is 0 Å². The summed E-state index contributed by atoms with van der Waals surface area (Å²) in [5.41, 5.74) is 2.66. The summed E-state index contributed by atoms with van der Waals surface area (Å²) in [6.45, 7) is 5.56. The molecule has 1 aromatic rings. The Morgan fingerprint density at radius 3 is 3.12 bits per heavy atom. The monoisotopic (exact) mass is 233 g/mol. The smallest absolute Gasteiger partial charge is 0.0300 e. The van der Waals surface area contributed by atoms with Gasteiger partial charge in [-0.3, -0.25) is 4.98 Å². The third-order valence-electron chi connectivity index (χ3n) is 3.67. The van der Waals surface area contributed by atoms with Crippen molar-refractivity contribution in [2.75, 3.05) is 20.1 Å². The van der Waals surface area contributed by atoms with Crippen LogP contribution in [0.5, 0.6) is 0 Å². The van der Waals surface area contributed by atoms with Crippen molar-refractivity contribution in [3.63, 3.8) is 0 Å². The second-order valence-electron chi connectivity index (χ2n) is 5.11. The Morgan fingerprint density at radius 1 is 1.41 bits per heavy atom. The molecule has 0 amide bonds. The van der Waals surface area contributed by atoms with Crippen LogP contribution in [0.2, 0.25) is 0 Å².